The van der Waals surface area contributed by atoms with Gasteiger partial charge in [0.05, 0.1) is 0 Å². The lowest BCUT2D eigenvalue weighted by atomic mass is 9.98. The molecule has 1 atom stereocenters. The lowest BCUT2D eigenvalue weighted by Gasteiger charge is -2.08. The maximum absolute atomic E-state index is 11.8. The Labute approximate surface area is 94.1 Å². The molecule has 0 heterocycles. The predicted octanol–water partition coefficient (Wildman–Crippen LogP) is 1.29. The number of carbonyl (C=O) groups is 2. The molecule has 1 rings (SSSR count). The van der Waals surface area contributed by atoms with Crippen molar-refractivity contribution in [1.82, 2.24) is 0 Å². The van der Waals surface area contributed by atoms with E-state index in [9.17, 15) is 9.59 Å². The highest BCUT2D eigenvalue weighted by Crippen LogP contribution is 2.13. The molecule has 0 radical (unpaired) electrons. The number of hydrogen-bond donors (Lipinski definition) is 2. The topological polar surface area (TPSA) is 80.4 Å². The second-order valence-electron chi connectivity index (χ2n) is 3.89. The third-order valence-electron chi connectivity index (χ3n) is 2.42. The Kier molecular flexibility index (Phi) is 3.79. The third-order valence-corrected chi connectivity index (χ3v) is 2.42. The Morgan fingerprint density at radius 2 is 2.00 bits per heavy atom. The SMILES string of the molecule is Cc1ccc(C)c(C(=O)C[C@@H](N)C(=O)O)c1. The van der Waals surface area contributed by atoms with Crippen LogP contribution in [0.1, 0.15) is 27.9 Å². The van der Waals surface area contributed by atoms with E-state index >= 15 is 0 Å². The van der Waals surface area contributed by atoms with Crippen molar-refractivity contribution in [2.24, 2.45) is 5.73 Å². The van der Waals surface area contributed by atoms with Gasteiger partial charge in [-0.1, -0.05) is 17.7 Å². The van der Waals surface area contributed by atoms with E-state index < -0.39 is 12.0 Å². The van der Waals surface area contributed by atoms with E-state index in [4.69, 9.17) is 10.8 Å². The first kappa shape index (κ1) is 12.4. The number of carboxylic acids is 1. The first-order chi connectivity index (χ1) is 7.41. The van der Waals surface area contributed by atoms with E-state index in [-0.39, 0.29) is 12.2 Å². The van der Waals surface area contributed by atoms with Gasteiger partial charge < -0.3 is 10.8 Å². The van der Waals surface area contributed by atoms with Gasteiger partial charge in [-0.2, -0.15) is 0 Å². The van der Waals surface area contributed by atoms with Crippen LogP contribution in [-0.2, 0) is 4.79 Å². The molecule has 0 saturated heterocycles. The smallest absolute Gasteiger partial charge is 0.320 e. The molecule has 16 heavy (non-hydrogen) atoms. The molecule has 86 valence electrons. The first-order valence-corrected chi connectivity index (χ1v) is 5.00. The fourth-order valence-electron chi connectivity index (χ4n) is 1.43. The summed E-state index contributed by atoms with van der Waals surface area (Å²) < 4.78 is 0. The van der Waals surface area contributed by atoms with Gasteiger partial charge in [0, 0.05) is 12.0 Å². The highest BCUT2D eigenvalue weighted by molar-refractivity contribution is 5.99. The number of ketones is 1. The molecule has 0 spiro atoms. The third kappa shape index (κ3) is 2.90. The maximum atomic E-state index is 11.8. The monoisotopic (exact) mass is 221 g/mol. The zero-order chi connectivity index (χ0) is 12.3. The largest absolute Gasteiger partial charge is 0.480 e. The summed E-state index contributed by atoms with van der Waals surface area (Å²) in [4.78, 5) is 22.3. The molecule has 0 fully saturated rings. The van der Waals surface area contributed by atoms with Gasteiger partial charge in [-0.05, 0) is 25.5 Å². The molecule has 0 aliphatic carbocycles. The van der Waals surface area contributed by atoms with E-state index in [2.05, 4.69) is 0 Å². The average molecular weight is 221 g/mol. The van der Waals surface area contributed by atoms with Crippen molar-refractivity contribution in [2.45, 2.75) is 26.3 Å². The van der Waals surface area contributed by atoms with Crippen LogP contribution in [0.15, 0.2) is 18.2 Å². The van der Waals surface area contributed by atoms with Crippen LogP contribution < -0.4 is 5.73 Å². The number of aryl methyl sites for hydroxylation is 2. The zero-order valence-electron chi connectivity index (χ0n) is 9.36. The summed E-state index contributed by atoms with van der Waals surface area (Å²) in [5.74, 6) is -1.38. The molecule has 0 aliphatic rings. The number of aliphatic carboxylic acids is 1. The highest BCUT2D eigenvalue weighted by atomic mass is 16.4. The Morgan fingerprint density at radius 3 is 2.56 bits per heavy atom. The van der Waals surface area contributed by atoms with Gasteiger partial charge in [0.2, 0.25) is 0 Å². The lowest BCUT2D eigenvalue weighted by Crippen LogP contribution is -2.32. The number of hydrogen-bond acceptors (Lipinski definition) is 3. The van der Waals surface area contributed by atoms with Crippen LogP contribution in [0.5, 0.6) is 0 Å². The van der Waals surface area contributed by atoms with Crippen molar-refractivity contribution in [2.75, 3.05) is 0 Å². The number of rotatable bonds is 4. The van der Waals surface area contributed by atoms with Crippen LogP contribution in [0.25, 0.3) is 0 Å². The van der Waals surface area contributed by atoms with Crippen molar-refractivity contribution in [3.8, 4) is 0 Å². The maximum Gasteiger partial charge on any atom is 0.320 e. The molecule has 0 aliphatic heterocycles. The first-order valence-electron chi connectivity index (χ1n) is 5.00. The van der Waals surface area contributed by atoms with Crippen LogP contribution in [0, 0.1) is 13.8 Å². The van der Waals surface area contributed by atoms with Gasteiger partial charge >= 0.3 is 5.97 Å². The van der Waals surface area contributed by atoms with Gasteiger partial charge in [-0.25, -0.2) is 0 Å². The molecule has 0 bridgehead atoms. The summed E-state index contributed by atoms with van der Waals surface area (Å²) in [6.07, 6.45) is -0.167. The summed E-state index contributed by atoms with van der Waals surface area (Å²) in [6, 6.07) is 4.37. The van der Waals surface area contributed by atoms with Gasteiger partial charge in [-0.15, -0.1) is 0 Å². The average Bonchev–Trinajstić information content (AvgIpc) is 2.21. The fourth-order valence-corrected chi connectivity index (χ4v) is 1.43. The van der Waals surface area contributed by atoms with Crippen LogP contribution in [0.3, 0.4) is 0 Å². The predicted molar refractivity (Wildman–Crippen MR) is 60.5 cm³/mol. The molecule has 3 N–H and O–H groups in total. The van der Waals surface area contributed by atoms with Crippen molar-refractivity contribution in [3.05, 3.63) is 34.9 Å². The quantitative estimate of drug-likeness (QED) is 0.751. The van der Waals surface area contributed by atoms with E-state index in [0.717, 1.165) is 11.1 Å². The van der Waals surface area contributed by atoms with Crippen molar-refractivity contribution < 1.29 is 14.7 Å². The van der Waals surface area contributed by atoms with Gasteiger partial charge in [0.1, 0.15) is 6.04 Å². The lowest BCUT2D eigenvalue weighted by molar-refractivity contribution is -0.138. The van der Waals surface area contributed by atoms with Crippen LogP contribution >= 0.6 is 0 Å². The van der Waals surface area contributed by atoms with E-state index in [1.807, 2.05) is 26.0 Å². The highest BCUT2D eigenvalue weighted by Gasteiger charge is 2.18. The molecule has 4 heteroatoms. The molecule has 0 aromatic heterocycles. The Hall–Kier alpha value is -1.68. The molecule has 0 amide bonds. The van der Waals surface area contributed by atoms with Gasteiger partial charge in [0.25, 0.3) is 0 Å². The number of Topliss-reactive ketones (excluding diaryl/α,β-unsaturated/α-hetero) is 1. The summed E-state index contributed by atoms with van der Waals surface area (Å²) in [7, 11) is 0. The summed E-state index contributed by atoms with van der Waals surface area (Å²) in [6.45, 7) is 3.70. The minimum absolute atomic E-state index is 0.167. The van der Waals surface area contributed by atoms with Crippen LogP contribution in [-0.4, -0.2) is 22.9 Å². The molecular formula is C12H15NO3. The molecule has 4 nitrogen and oxygen atoms in total. The number of nitrogens with two attached hydrogens (primary N) is 1. The minimum atomic E-state index is -1.15. The number of benzene rings is 1. The molecule has 1 aromatic carbocycles. The van der Waals surface area contributed by atoms with Crippen LogP contribution in [0.4, 0.5) is 0 Å². The Balaban J connectivity index is 2.88. The second kappa shape index (κ2) is 4.90. The molecular weight excluding hydrogens is 206 g/mol. The normalized spacial score (nSPS) is 12.2. The van der Waals surface area contributed by atoms with Gasteiger partial charge in [0.15, 0.2) is 5.78 Å². The summed E-state index contributed by atoms with van der Waals surface area (Å²) >= 11 is 0. The van der Waals surface area contributed by atoms with Gasteiger partial charge in [-0.3, -0.25) is 9.59 Å². The van der Waals surface area contributed by atoms with E-state index in [1.54, 1.807) is 6.07 Å². The van der Waals surface area contributed by atoms with Crippen molar-refractivity contribution in [3.63, 3.8) is 0 Å². The summed E-state index contributed by atoms with van der Waals surface area (Å²) in [5, 5.41) is 8.62. The van der Waals surface area contributed by atoms with Crippen molar-refractivity contribution in [1.29, 1.82) is 0 Å². The number of carboxylic acid groups (broad SMARTS) is 1. The fraction of sp³-hybridized carbons (Fsp3) is 0.333. The zero-order valence-corrected chi connectivity index (χ0v) is 9.36. The molecule has 0 unspecified atom stereocenters. The Morgan fingerprint density at radius 1 is 1.38 bits per heavy atom. The standard InChI is InChI=1S/C12H15NO3/c1-7-3-4-8(2)9(5-7)11(14)6-10(13)12(15)16/h3-5,10H,6,13H2,1-2H3,(H,15,16)/t10-/m1/s1. The molecule has 0 saturated carbocycles. The number of carbonyl (C=O) groups excluding carboxylic acids is 1. The van der Waals surface area contributed by atoms with Crippen LogP contribution in [0.2, 0.25) is 0 Å². The Bertz CT molecular complexity index is 426. The second-order valence-corrected chi connectivity index (χ2v) is 3.89. The summed E-state index contributed by atoms with van der Waals surface area (Å²) in [5.41, 5.74) is 7.69. The molecule has 1 aromatic rings. The van der Waals surface area contributed by atoms with E-state index in [0.29, 0.717) is 5.56 Å². The van der Waals surface area contributed by atoms with E-state index in [1.165, 1.54) is 0 Å². The van der Waals surface area contributed by atoms with Crippen molar-refractivity contribution >= 4 is 11.8 Å². The minimum Gasteiger partial charge on any atom is -0.480 e.